The third-order valence-corrected chi connectivity index (χ3v) is 5.22. The molecule has 0 fully saturated rings. The second-order valence-electron chi connectivity index (χ2n) is 6.24. The largest absolute Gasteiger partial charge is 0.332 e. The lowest BCUT2D eigenvalue weighted by molar-refractivity contribution is 0.693. The normalized spacial score (nSPS) is 10.8. The van der Waals surface area contributed by atoms with E-state index in [-0.39, 0.29) is 0 Å². The summed E-state index contributed by atoms with van der Waals surface area (Å²) < 4.78 is 1.88. The van der Waals surface area contributed by atoms with Gasteiger partial charge in [0.25, 0.3) is 0 Å². The zero-order chi connectivity index (χ0) is 19.5. The second kappa shape index (κ2) is 8.19. The van der Waals surface area contributed by atoms with Crippen LogP contribution in [-0.2, 0) is 6.54 Å². The van der Waals surface area contributed by atoms with E-state index in [9.17, 15) is 0 Å². The van der Waals surface area contributed by atoms with E-state index in [4.69, 9.17) is 35.4 Å². The molecule has 3 aromatic carbocycles. The van der Waals surface area contributed by atoms with Gasteiger partial charge in [0.2, 0.25) is 0 Å². The van der Waals surface area contributed by atoms with Crippen molar-refractivity contribution >= 4 is 62.8 Å². The molecule has 28 heavy (non-hydrogen) atoms. The Labute approximate surface area is 178 Å². The first kappa shape index (κ1) is 18.7. The van der Waals surface area contributed by atoms with Crippen LogP contribution in [0.25, 0.3) is 10.8 Å². The van der Waals surface area contributed by atoms with E-state index < -0.39 is 0 Å². The fraction of sp³-hybridized carbons (Fsp3) is 0.0476. The molecule has 2 N–H and O–H groups in total. The molecule has 4 rings (SSSR count). The van der Waals surface area contributed by atoms with Crippen LogP contribution in [0.1, 0.15) is 5.56 Å². The summed E-state index contributed by atoms with van der Waals surface area (Å²) in [6, 6.07) is 21.8. The van der Waals surface area contributed by atoms with Gasteiger partial charge < -0.3 is 10.6 Å². The van der Waals surface area contributed by atoms with Crippen molar-refractivity contribution in [3.05, 3.63) is 88.5 Å². The highest BCUT2D eigenvalue weighted by Crippen LogP contribution is 2.25. The SMILES string of the molecule is S=C(Nc1ccc(Cl)c(Cl)c1)Nc1ccn(Cc2cccc3ccccc23)n1. The second-order valence-corrected chi connectivity index (χ2v) is 7.47. The molecule has 1 heterocycles. The van der Waals surface area contributed by atoms with E-state index >= 15 is 0 Å². The number of nitrogens with zero attached hydrogens (tertiary/aromatic N) is 2. The lowest BCUT2D eigenvalue weighted by Crippen LogP contribution is -2.19. The first-order valence-electron chi connectivity index (χ1n) is 8.62. The number of halogens is 2. The molecule has 0 bridgehead atoms. The van der Waals surface area contributed by atoms with Crippen molar-refractivity contribution in [1.29, 1.82) is 0 Å². The molecule has 7 heteroatoms. The van der Waals surface area contributed by atoms with Crippen LogP contribution in [0.4, 0.5) is 11.5 Å². The Bertz CT molecular complexity index is 1150. The van der Waals surface area contributed by atoms with Crippen molar-refractivity contribution in [2.24, 2.45) is 0 Å². The monoisotopic (exact) mass is 426 g/mol. The van der Waals surface area contributed by atoms with E-state index in [2.05, 4.69) is 52.1 Å². The summed E-state index contributed by atoms with van der Waals surface area (Å²) in [5, 5.41) is 14.5. The molecule has 0 spiro atoms. The van der Waals surface area contributed by atoms with Gasteiger partial charge in [0.15, 0.2) is 10.9 Å². The topological polar surface area (TPSA) is 41.9 Å². The zero-order valence-corrected chi connectivity index (χ0v) is 17.0. The van der Waals surface area contributed by atoms with Crippen LogP contribution < -0.4 is 10.6 Å². The Morgan fingerprint density at radius 3 is 2.61 bits per heavy atom. The van der Waals surface area contributed by atoms with Crippen molar-refractivity contribution in [2.45, 2.75) is 6.54 Å². The third kappa shape index (κ3) is 4.28. The minimum Gasteiger partial charge on any atom is -0.332 e. The standard InChI is InChI=1S/C21H16Cl2N4S/c22-18-9-8-16(12-19(18)23)24-21(28)25-20-10-11-27(26-20)13-15-6-3-5-14-4-1-2-7-17(14)15/h1-12H,13H2,(H2,24,25,26,28). The predicted octanol–water partition coefficient (Wildman–Crippen LogP) is 6.20. The van der Waals surface area contributed by atoms with Gasteiger partial charge in [-0.05, 0) is 46.8 Å². The van der Waals surface area contributed by atoms with Crippen LogP contribution in [0, 0.1) is 0 Å². The van der Waals surface area contributed by atoms with E-state index in [1.807, 2.05) is 23.0 Å². The maximum Gasteiger partial charge on any atom is 0.176 e. The summed E-state index contributed by atoms with van der Waals surface area (Å²) in [5.41, 5.74) is 1.96. The highest BCUT2D eigenvalue weighted by atomic mass is 35.5. The average molecular weight is 427 g/mol. The van der Waals surface area contributed by atoms with Crippen LogP contribution in [-0.4, -0.2) is 14.9 Å². The van der Waals surface area contributed by atoms with Crippen LogP contribution in [0.2, 0.25) is 10.0 Å². The molecular weight excluding hydrogens is 411 g/mol. The van der Waals surface area contributed by atoms with Gasteiger partial charge in [0, 0.05) is 18.0 Å². The van der Waals surface area contributed by atoms with Gasteiger partial charge in [-0.1, -0.05) is 65.7 Å². The van der Waals surface area contributed by atoms with Gasteiger partial charge in [-0.2, -0.15) is 5.10 Å². The van der Waals surface area contributed by atoms with Gasteiger partial charge in [-0.25, -0.2) is 0 Å². The fourth-order valence-electron chi connectivity index (χ4n) is 2.97. The maximum atomic E-state index is 6.03. The number of fused-ring (bicyclic) bond motifs is 1. The van der Waals surface area contributed by atoms with Crippen LogP contribution in [0.5, 0.6) is 0 Å². The van der Waals surface area contributed by atoms with Crippen molar-refractivity contribution in [2.75, 3.05) is 10.6 Å². The molecule has 4 nitrogen and oxygen atoms in total. The summed E-state index contributed by atoms with van der Waals surface area (Å²) in [4.78, 5) is 0. The molecule has 0 atom stereocenters. The summed E-state index contributed by atoms with van der Waals surface area (Å²) >= 11 is 17.3. The number of hydrogen-bond acceptors (Lipinski definition) is 2. The predicted molar refractivity (Wildman–Crippen MR) is 122 cm³/mol. The highest BCUT2D eigenvalue weighted by Gasteiger charge is 2.06. The third-order valence-electron chi connectivity index (χ3n) is 4.27. The minimum atomic E-state index is 0.425. The quantitative estimate of drug-likeness (QED) is 0.381. The molecule has 4 aromatic rings. The lowest BCUT2D eigenvalue weighted by atomic mass is 10.0. The summed E-state index contributed by atoms with van der Waals surface area (Å²) in [7, 11) is 0. The van der Waals surface area contributed by atoms with Crippen LogP contribution in [0.3, 0.4) is 0 Å². The van der Waals surface area contributed by atoms with E-state index in [1.165, 1.54) is 16.3 Å². The van der Waals surface area contributed by atoms with Gasteiger partial charge >= 0.3 is 0 Å². The number of thiocarbonyl (C=S) groups is 1. The molecule has 0 unspecified atom stereocenters. The first-order valence-corrected chi connectivity index (χ1v) is 9.78. The first-order chi connectivity index (χ1) is 13.6. The summed E-state index contributed by atoms with van der Waals surface area (Å²) in [6.45, 7) is 0.677. The Morgan fingerprint density at radius 1 is 0.929 bits per heavy atom. The van der Waals surface area contributed by atoms with Crippen LogP contribution >= 0.6 is 35.4 Å². The van der Waals surface area contributed by atoms with Crippen LogP contribution in [0.15, 0.2) is 72.9 Å². The van der Waals surface area contributed by atoms with Crippen molar-refractivity contribution in [3.63, 3.8) is 0 Å². The smallest absolute Gasteiger partial charge is 0.176 e. The van der Waals surface area contributed by atoms with Crippen molar-refractivity contribution in [3.8, 4) is 0 Å². The number of aromatic nitrogens is 2. The molecule has 0 radical (unpaired) electrons. The summed E-state index contributed by atoms with van der Waals surface area (Å²) in [5.74, 6) is 0.665. The number of rotatable bonds is 4. The Kier molecular flexibility index (Phi) is 5.48. The zero-order valence-electron chi connectivity index (χ0n) is 14.7. The van der Waals surface area contributed by atoms with E-state index in [0.717, 1.165) is 5.69 Å². The number of nitrogens with one attached hydrogen (secondary N) is 2. The maximum absolute atomic E-state index is 6.03. The average Bonchev–Trinajstić information content (AvgIpc) is 3.12. The molecule has 0 aliphatic carbocycles. The van der Waals surface area contributed by atoms with Crippen molar-refractivity contribution in [1.82, 2.24) is 9.78 Å². The Hall–Kier alpha value is -2.60. The van der Waals surface area contributed by atoms with E-state index in [1.54, 1.807) is 18.2 Å². The fourth-order valence-corrected chi connectivity index (χ4v) is 3.49. The van der Waals surface area contributed by atoms with E-state index in [0.29, 0.717) is 27.5 Å². The number of hydrogen-bond donors (Lipinski definition) is 2. The molecule has 0 aliphatic heterocycles. The van der Waals surface area contributed by atoms with Crippen molar-refractivity contribution < 1.29 is 0 Å². The lowest BCUT2D eigenvalue weighted by Gasteiger charge is -2.09. The highest BCUT2D eigenvalue weighted by molar-refractivity contribution is 7.80. The molecule has 140 valence electrons. The number of benzene rings is 3. The molecule has 1 aromatic heterocycles. The Balaban J connectivity index is 1.44. The molecular formula is C21H16Cl2N4S. The number of anilines is 2. The van der Waals surface area contributed by atoms with Gasteiger partial charge in [0.1, 0.15) is 0 Å². The van der Waals surface area contributed by atoms with Gasteiger partial charge in [-0.3, -0.25) is 4.68 Å². The Morgan fingerprint density at radius 2 is 1.75 bits per heavy atom. The van der Waals surface area contributed by atoms with Gasteiger partial charge in [-0.15, -0.1) is 0 Å². The summed E-state index contributed by atoms with van der Waals surface area (Å²) in [6.07, 6.45) is 1.92. The molecule has 0 aliphatic rings. The molecule has 0 amide bonds. The molecule has 0 saturated heterocycles. The minimum absolute atomic E-state index is 0.425. The van der Waals surface area contributed by atoms with Gasteiger partial charge in [0.05, 0.1) is 16.6 Å². The molecule has 0 saturated carbocycles.